The van der Waals surface area contributed by atoms with E-state index in [1.165, 1.54) is 0 Å². The molecule has 3 nitrogen and oxygen atoms in total. The molecule has 0 saturated carbocycles. The second kappa shape index (κ2) is 4.86. The van der Waals surface area contributed by atoms with Crippen LogP contribution in [-0.4, -0.2) is 13.7 Å². The van der Waals surface area contributed by atoms with E-state index in [1.807, 2.05) is 32.0 Å². The van der Waals surface area contributed by atoms with E-state index >= 15 is 0 Å². The van der Waals surface area contributed by atoms with Crippen LogP contribution in [0.4, 0.5) is 0 Å². The van der Waals surface area contributed by atoms with E-state index in [4.69, 9.17) is 15.2 Å². The number of hydrogen-bond donors (Lipinski definition) is 1. The summed E-state index contributed by atoms with van der Waals surface area (Å²) in [7, 11) is 1.64. The smallest absolute Gasteiger partial charge is 0.127 e. The number of methoxy groups -OCH3 is 1. The van der Waals surface area contributed by atoms with E-state index in [-0.39, 0.29) is 6.04 Å². The number of ether oxygens (including phenoxy) is 2. The molecule has 0 saturated heterocycles. The SMILES string of the molecule is CCOc1cc(OC)ccc1[C@@H](C)N. The van der Waals surface area contributed by atoms with Gasteiger partial charge in [0.15, 0.2) is 0 Å². The zero-order valence-electron chi connectivity index (χ0n) is 8.91. The van der Waals surface area contributed by atoms with Gasteiger partial charge in [-0.15, -0.1) is 0 Å². The predicted octanol–water partition coefficient (Wildman–Crippen LogP) is 2.11. The summed E-state index contributed by atoms with van der Waals surface area (Å²) >= 11 is 0. The molecular formula is C11H17NO2. The first-order chi connectivity index (χ1) is 6.69. The van der Waals surface area contributed by atoms with Crippen molar-refractivity contribution in [1.82, 2.24) is 0 Å². The summed E-state index contributed by atoms with van der Waals surface area (Å²) in [5, 5.41) is 0. The Morgan fingerprint density at radius 2 is 2.14 bits per heavy atom. The van der Waals surface area contributed by atoms with E-state index in [0.717, 1.165) is 17.1 Å². The van der Waals surface area contributed by atoms with Crippen LogP contribution in [0, 0.1) is 0 Å². The van der Waals surface area contributed by atoms with Crippen molar-refractivity contribution in [2.75, 3.05) is 13.7 Å². The number of benzene rings is 1. The molecular weight excluding hydrogens is 178 g/mol. The quantitative estimate of drug-likeness (QED) is 0.800. The molecule has 0 spiro atoms. The third-order valence-electron chi connectivity index (χ3n) is 2.01. The molecule has 0 bridgehead atoms. The van der Waals surface area contributed by atoms with Crippen LogP contribution in [0.2, 0.25) is 0 Å². The van der Waals surface area contributed by atoms with Gasteiger partial charge in [-0.3, -0.25) is 0 Å². The summed E-state index contributed by atoms with van der Waals surface area (Å²) in [6.45, 7) is 4.52. The molecule has 0 amide bonds. The Bertz CT molecular complexity index is 297. The van der Waals surface area contributed by atoms with Crippen molar-refractivity contribution in [1.29, 1.82) is 0 Å². The van der Waals surface area contributed by atoms with Gasteiger partial charge in [-0.05, 0) is 19.9 Å². The molecule has 0 aromatic heterocycles. The Hall–Kier alpha value is -1.22. The molecule has 0 aliphatic carbocycles. The summed E-state index contributed by atoms with van der Waals surface area (Å²) in [6.07, 6.45) is 0. The molecule has 0 fully saturated rings. The highest BCUT2D eigenvalue weighted by molar-refractivity contribution is 5.42. The summed E-state index contributed by atoms with van der Waals surface area (Å²) in [6, 6.07) is 5.67. The minimum absolute atomic E-state index is 0.0255. The van der Waals surface area contributed by atoms with Crippen LogP contribution in [0.3, 0.4) is 0 Å². The first-order valence-electron chi connectivity index (χ1n) is 4.75. The maximum Gasteiger partial charge on any atom is 0.127 e. The van der Waals surface area contributed by atoms with E-state index < -0.39 is 0 Å². The van der Waals surface area contributed by atoms with Crippen LogP contribution in [0.1, 0.15) is 25.5 Å². The van der Waals surface area contributed by atoms with Gasteiger partial charge in [-0.2, -0.15) is 0 Å². The van der Waals surface area contributed by atoms with E-state index in [9.17, 15) is 0 Å². The molecule has 14 heavy (non-hydrogen) atoms. The van der Waals surface area contributed by atoms with Crippen LogP contribution >= 0.6 is 0 Å². The van der Waals surface area contributed by atoms with Crippen molar-refractivity contribution >= 4 is 0 Å². The fourth-order valence-corrected chi connectivity index (χ4v) is 1.30. The summed E-state index contributed by atoms with van der Waals surface area (Å²) in [5.41, 5.74) is 6.82. The summed E-state index contributed by atoms with van der Waals surface area (Å²) in [5.74, 6) is 1.60. The van der Waals surface area contributed by atoms with Crippen molar-refractivity contribution in [2.24, 2.45) is 5.73 Å². The second-order valence-electron chi connectivity index (χ2n) is 3.13. The van der Waals surface area contributed by atoms with E-state index in [2.05, 4.69) is 0 Å². The third kappa shape index (κ3) is 2.39. The lowest BCUT2D eigenvalue weighted by molar-refractivity contribution is 0.331. The summed E-state index contributed by atoms with van der Waals surface area (Å²) < 4.78 is 10.6. The average molecular weight is 195 g/mol. The fourth-order valence-electron chi connectivity index (χ4n) is 1.30. The number of nitrogens with two attached hydrogens (primary N) is 1. The normalized spacial score (nSPS) is 12.3. The number of rotatable bonds is 4. The van der Waals surface area contributed by atoms with Crippen molar-refractivity contribution in [2.45, 2.75) is 19.9 Å². The van der Waals surface area contributed by atoms with Gasteiger partial charge in [0, 0.05) is 17.7 Å². The van der Waals surface area contributed by atoms with Crippen LogP contribution in [0.5, 0.6) is 11.5 Å². The minimum Gasteiger partial charge on any atom is -0.497 e. The Labute approximate surface area is 84.8 Å². The van der Waals surface area contributed by atoms with Crippen molar-refractivity contribution in [3.8, 4) is 11.5 Å². The number of hydrogen-bond acceptors (Lipinski definition) is 3. The van der Waals surface area contributed by atoms with Crippen molar-refractivity contribution < 1.29 is 9.47 Å². The van der Waals surface area contributed by atoms with Gasteiger partial charge in [-0.25, -0.2) is 0 Å². The van der Waals surface area contributed by atoms with Gasteiger partial charge < -0.3 is 15.2 Å². The molecule has 1 aromatic carbocycles. The molecule has 78 valence electrons. The maximum atomic E-state index is 5.82. The third-order valence-corrected chi connectivity index (χ3v) is 2.01. The summed E-state index contributed by atoms with van der Waals surface area (Å²) in [4.78, 5) is 0. The molecule has 1 atom stereocenters. The lowest BCUT2D eigenvalue weighted by Gasteiger charge is -2.14. The van der Waals surface area contributed by atoms with Crippen LogP contribution in [0.15, 0.2) is 18.2 Å². The monoisotopic (exact) mass is 195 g/mol. The average Bonchev–Trinajstić information content (AvgIpc) is 2.17. The fraction of sp³-hybridized carbons (Fsp3) is 0.455. The van der Waals surface area contributed by atoms with Gasteiger partial charge in [-0.1, -0.05) is 6.07 Å². The zero-order chi connectivity index (χ0) is 10.6. The molecule has 1 rings (SSSR count). The standard InChI is InChI=1S/C11H17NO2/c1-4-14-11-7-9(13-3)5-6-10(11)8(2)12/h5-8H,4,12H2,1-3H3/t8-/m1/s1. The van der Waals surface area contributed by atoms with Gasteiger partial charge in [0.1, 0.15) is 11.5 Å². The Morgan fingerprint density at radius 1 is 1.43 bits per heavy atom. The Balaban J connectivity index is 3.03. The van der Waals surface area contributed by atoms with Gasteiger partial charge >= 0.3 is 0 Å². The minimum atomic E-state index is -0.0255. The predicted molar refractivity (Wildman–Crippen MR) is 56.8 cm³/mol. The molecule has 2 N–H and O–H groups in total. The first-order valence-corrected chi connectivity index (χ1v) is 4.75. The van der Waals surface area contributed by atoms with Crippen molar-refractivity contribution in [3.05, 3.63) is 23.8 Å². The molecule has 0 unspecified atom stereocenters. The highest BCUT2D eigenvalue weighted by atomic mass is 16.5. The topological polar surface area (TPSA) is 44.5 Å². The molecule has 3 heteroatoms. The molecule has 0 heterocycles. The lowest BCUT2D eigenvalue weighted by atomic mass is 10.1. The largest absolute Gasteiger partial charge is 0.497 e. The lowest BCUT2D eigenvalue weighted by Crippen LogP contribution is -2.08. The first kappa shape index (κ1) is 10.9. The maximum absolute atomic E-state index is 5.82. The molecule has 1 aromatic rings. The van der Waals surface area contributed by atoms with Gasteiger partial charge in [0.25, 0.3) is 0 Å². The second-order valence-corrected chi connectivity index (χ2v) is 3.13. The van der Waals surface area contributed by atoms with E-state index in [1.54, 1.807) is 7.11 Å². The Morgan fingerprint density at radius 3 is 2.64 bits per heavy atom. The van der Waals surface area contributed by atoms with Gasteiger partial charge in [0.2, 0.25) is 0 Å². The molecule has 0 radical (unpaired) electrons. The van der Waals surface area contributed by atoms with E-state index in [0.29, 0.717) is 6.61 Å². The van der Waals surface area contributed by atoms with Gasteiger partial charge in [0.05, 0.1) is 13.7 Å². The highest BCUT2D eigenvalue weighted by Crippen LogP contribution is 2.28. The van der Waals surface area contributed by atoms with Crippen LogP contribution in [0.25, 0.3) is 0 Å². The van der Waals surface area contributed by atoms with Crippen LogP contribution < -0.4 is 15.2 Å². The van der Waals surface area contributed by atoms with Crippen LogP contribution in [-0.2, 0) is 0 Å². The molecule has 0 aliphatic rings. The zero-order valence-corrected chi connectivity index (χ0v) is 8.91. The van der Waals surface area contributed by atoms with Crippen molar-refractivity contribution in [3.63, 3.8) is 0 Å². The molecule has 0 aliphatic heterocycles. The Kier molecular flexibility index (Phi) is 3.77. The highest BCUT2D eigenvalue weighted by Gasteiger charge is 2.08.